The van der Waals surface area contributed by atoms with Crippen LogP contribution in [0.2, 0.25) is 0 Å². The highest BCUT2D eigenvalue weighted by Crippen LogP contribution is 2.05. The van der Waals surface area contributed by atoms with E-state index in [0.717, 1.165) is 5.56 Å². The summed E-state index contributed by atoms with van der Waals surface area (Å²) in [5.74, 6) is -0.0864. The van der Waals surface area contributed by atoms with Crippen molar-refractivity contribution in [3.05, 3.63) is 35.9 Å². The molecule has 1 heterocycles. The number of ether oxygens (including phenoxy) is 1. The first-order valence-electron chi connectivity index (χ1n) is 5.03. The molecule has 0 bridgehead atoms. The van der Waals surface area contributed by atoms with Gasteiger partial charge in [-0.05, 0) is 5.56 Å². The Balaban J connectivity index is 1.74. The van der Waals surface area contributed by atoms with Crippen molar-refractivity contribution in [3.8, 4) is 0 Å². The molecule has 1 aromatic rings. The molecule has 2 rings (SSSR count). The number of β-lactam (4-membered cyclic amide) rings is 1. The normalized spacial score (nSPS) is 14.2. The van der Waals surface area contributed by atoms with Crippen LogP contribution >= 0.6 is 0 Å². The van der Waals surface area contributed by atoms with Crippen molar-refractivity contribution in [1.29, 1.82) is 0 Å². The van der Waals surface area contributed by atoms with Crippen LogP contribution in [0.15, 0.2) is 30.3 Å². The van der Waals surface area contributed by atoms with Gasteiger partial charge in [-0.25, -0.2) is 10.2 Å². The van der Waals surface area contributed by atoms with Gasteiger partial charge in [0.1, 0.15) is 6.61 Å². The molecular formula is C11H12N2O3. The zero-order chi connectivity index (χ0) is 11.4. The van der Waals surface area contributed by atoms with Gasteiger partial charge in [0.25, 0.3) is 0 Å². The fourth-order valence-electron chi connectivity index (χ4n) is 1.30. The largest absolute Gasteiger partial charge is 0.443 e. The summed E-state index contributed by atoms with van der Waals surface area (Å²) in [7, 11) is 0. The molecule has 0 unspecified atom stereocenters. The second-order valence-electron chi connectivity index (χ2n) is 3.47. The van der Waals surface area contributed by atoms with Gasteiger partial charge in [0.05, 0.1) is 6.54 Å². The Kier molecular flexibility index (Phi) is 3.05. The number of nitrogens with one attached hydrogen (secondary N) is 1. The molecule has 0 aliphatic carbocycles. The van der Waals surface area contributed by atoms with Crippen LogP contribution in [0.25, 0.3) is 0 Å². The molecule has 16 heavy (non-hydrogen) atoms. The Labute approximate surface area is 93.0 Å². The van der Waals surface area contributed by atoms with Crippen molar-refractivity contribution in [2.45, 2.75) is 13.0 Å². The third-order valence-corrected chi connectivity index (χ3v) is 2.29. The first-order valence-corrected chi connectivity index (χ1v) is 5.03. The van der Waals surface area contributed by atoms with E-state index in [2.05, 4.69) is 5.43 Å². The summed E-state index contributed by atoms with van der Waals surface area (Å²) in [5.41, 5.74) is 3.27. The van der Waals surface area contributed by atoms with Crippen LogP contribution in [0.5, 0.6) is 0 Å². The third kappa shape index (κ3) is 2.50. The molecule has 1 aliphatic rings. The summed E-state index contributed by atoms with van der Waals surface area (Å²) in [4.78, 5) is 22.1. The zero-order valence-electron chi connectivity index (χ0n) is 8.68. The van der Waals surface area contributed by atoms with Crippen molar-refractivity contribution in [2.75, 3.05) is 6.54 Å². The summed E-state index contributed by atoms with van der Waals surface area (Å²) < 4.78 is 4.94. The van der Waals surface area contributed by atoms with Crippen molar-refractivity contribution in [1.82, 2.24) is 10.4 Å². The van der Waals surface area contributed by atoms with Gasteiger partial charge in [-0.15, -0.1) is 0 Å². The predicted octanol–water partition coefficient (Wildman–Crippen LogP) is 1.06. The van der Waals surface area contributed by atoms with Crippen LogP contribution < -0.4 is 5.43 Å². The number of rotatable bonds is 3. The molecule has 2 amide bonds. The average Bonchev–Trinajstić information content (AvgIpc) is 2.33. The van der Waals surface area contributed by atoms with E-state index in [-0.39, 0.29) is 12.5 Å². The van der Waals surface area contributed by atoms with Crippen LogP contribution in [-0.4, -0.2) is 23.6 Å². The minimum absolute atomic E-state index is 0.0864. The lowest BCUT2D eigenvalue weighted by Crippen LogP contribution is -2.54. The molecule has 0 spiro atoms. The molecule has 84 valence electrons. The zero-order valence-corrected chi connectivity index (χ0v) is 8.68. The summed E-state index contributed by atoms with van der Waals surface area (Å²) in [6.07, 6.45) is -0.115. The molecule has 1 fully saturated rings. The van der Waals surface area contributed by atoms with Gasteiger partial charge in [0, 0.05) is 6.42 Å². The van der Waals surface area contributed by atoms with Crippen molar-refractivity contribution in [3.63, 3.8) is 0 Å². The predicted molar refractivity (Wildman–Crippen MR) is 56.1 cm³/mol. The lowest BCUT2D eigenvalue weighted by Gasteiger charge is -2.29. The van der Waals surface area contributed by atoms with Crippen LogP contribution in [0.1, 0.15) is 12.0 Å². The lowest BCUT2D eigenvalue weighted by molar-refractivity contribution is -0.143. The fraction of sp³-hybridized carbons (Fsp3) is 0.273. The highest BCUT2D eigenvalue weighted by atomic mass is 16.6. The molecule has 0 saturated carbocycles. The van der Waals surface area contributed by atoms with E-state index in [1.807, 2.05) is 30.3 Å². The molecular weight excluding hydrogens is 208 g/mol. The topological polar surface area (TPSA) is 58.6 Å². The Morgan fingerprint density at radius 2 is 2.12 bits per heavy atom. The average molecular weight is 220 g/mol. The minimum atomic E-state index is -0.600. The van der Waals surface area contributed by atoms with Gasteiger partial charge in [0.2, 0.25) is 5.91 Å². The van der Waals surface area contributed by atoms with Gasteiger partial charge in [-0.3, -0.25) is 9.80 Å². The van der Waals surface area contributed by atoms with Gasteiger partial charge >= 0.3 is 6.09 Å². The number of hydrogen-bond acceptors (Lipinski definition) is 3. The van der Waals surface area contributed by atoms with Gasteiger partial charge in [-0.1, -0.05) is 30.3 Å². The van der Waals surface area contributed by atoms with Crippen LogP contribution in [-0.2, 0) is 16.1 Å². The molecule has 1 aliphatic heterocycles. The molecule has 0 atom stereocenters. The first-order chi connectivity index (χ1) is 7.75. The number of hydrazine groups is 1. The number of nitrogens with zero attached hydrogens (tertiary/aromatic N) is 1. The number of carbonyl (C=O) groups excluding carboxylic acids is 2. The Morgan fingerprint density at radius 3 is 2.69 bits per heavy atom. The van der Waals surface area contributed by atoms with Crippen LogP contribution in [0.3, 0.4) is 0 Å². The smallest absolute Gasteiger partial charge is 0.426 e. The van der Waals surface area contributed by atoms with Gasteiger partial charge in [-0.2, -0.15) is 0 Å². The quantitative estimate of drug-likeness (QED) is 0.775. The van der Waals surface area contributed by atoms with Crippen LogP contribution in [0.4, 0.5) is 4.79 Å². The van der Waals surface area contributed by atoms with Gasteiger partial charge in [0.15, 0.2) is 0 Å². The summed E-state index contributed by atoms with van der Waals surface area (Å²) in [6, 6.07) is 9.36. The van der Waals surface area contributed by atoms with Crippen molar-refractivity contribution < 1.29 is 14.3 Å². The molecule has 0 aromatic heterocycles. The molecule has 0 radical (unpaired) electrons. The molecule has 1 N–H and O–H groups in total. The Bertz CT molecular complexity index is 391. The van der Waals surface area contributed by atoms with E-state index in [9.17, 15) is 9.59 Å². The Hall–Kier alpha value is -2.04. The molecule has 5 nitrogen and oxygen atoms in total. The van der Waals surface area contributed by atoms with Crippen molar-refractivity contribution >= 4 is 12.0 Å². The van der Waals surface area contributed by atoms with E-state index in [4.69, 9.17) is 4.74 Å². The monoisotopic (exact) mass is 220 g/mol. The molecule has 1 saturated heterocycles. The number of hydrogen-bond donors (Lipinski definition) is 1. The summed E-state index contributed by atoms with van der Waals surface area (Å²) in [6.45, 7) is 0.758. The van der Waals surface area contributed by atoms with E-state index in [1.165, 1.54) is 5.01 Å². The summed E-state index contributed by atoms with van der Waals surface area (Å²) in [5, 5.41) is 1.24. The second-order valence-corrected chi connectivity index (χ2v) is 3.47. The highest BCUT2D eigenvalue weighted by Gasteiger charge is 2.25. The van der Waals surface area contributed by atoms with Crippen LogP contribution in [0, 0.1) is 0 Å². The molecule has 1 aromatic carbocycles. The molecule has 5 heteroatoms. The first kappa shape index (κ1) is 10.5. The lowest BCUT2D eigenvalue weighted by atomic mass is 10.2. The highest BCUT2D eigenvalue weighted by molar-refractivity contribution is 5.83. The van der Waals surface area contributed by atoms with Gasteiger partial charge < -0.3 is 4.74 Å². The fourth-order valence-corrected chi connectivity index (χ4v) is 1.30. The maximum atomic E-state index is 11.2. The SMILES string of the molecule is O=C(NN1CCC1=O)OCc1ccccc1. The number of amides is 2. The maximum Gasteiger partial charge on any atom is 0.426 e. The minimum Gasteiger partial charge on any atom is -0.443 e. The van der Waals surface area contributed by atoms with E-state index >= 15 is 0 Å². The standard InChI is InChI=1S/C11H12N2O3/c14-10-6-7-13(10)12-11(15)16-8-9-4-2-1-3-5-9/h1-5H,6-8H2,(H,12,15). The summed E-state index contributed by atoms with van der Waals surface area (Å²) >= 11 is 0. The number of benzene rings is 1. The number of carbonyl (C=O) groups is 2. The van der Waals surface area contributed by atoms with E-state index in [1.54, 1.807) is 0 Å². The van der Waals surface area contributed by atoms with E-state index < -0.39 is 6.09 Å². The maximum absolute atomic E-state index is 11.2. The van der Waals surface area contributed by atoms with Crippen molar-refractivity contribution in [2.24, 2.45) is 0 Å². The van der Waals surface area contributed by atoms with E-state index in [0.29, 0.717) is 13.0 Å². The second kappa shape index (κ2) is 4.65. The third-order valence-electron chi connectivity index (χ3n) is 2.29. The Morgan fingerprint density at radius 1 is 1.38 bits per heavy atom.